The Kier molecular flexibility index (Phi) is 36.7. The van der Waals surface area contributed by atoms with Gasteiger partial charge in [0.1, 0.15) is 22.3 Å². The predicted molar refractivity (Wildman–Crippen MR) is 242 cm³/mol. The van der Waals surface area contributed by atoms with E-state index >= 15 is 0 Å². The summed E-state index contributed by atoms with van der Waals surface area (Å²) < 4.78 is 54.1. The molecule has 0 aliphatic rings. The second kappa shape index (κ2) is 40.5. The lowest BCUT2D eigenvalue weighted by Crippen LogP contribution is -2.19. The maximum absolute atomic E-state index is 12.1. The van der Waals surface area contributed by atoms with Crippen molar-refractivity contribution in [1.82, 2.24) is 0 Å². The molecule has 0 saturated carbocycles. The summed E-state index contributed by atoms with van der Waals surface area (Å²) in [5.74, 6) is -7.17. The number of esters is 8. The number of carbonyl (C=O) groups excluding carboxylic acids is 10. The Morgan fingerprint density at radius 1 is 0.246 bits per heavy atom. The molecule has 0 radical (unpaired) electrons. The van der Waals surface area contributed by atoms with Gasteiger partial charge in [-0.2, -0.15) is 0 Å². The number of hydrogen-bond acceptors (Lipinski definition) is 21. The Hall–Kier alpha value is -6.54. The van der Waals surface area contributed by atoms with E-state index in [9.17, 15) is 47.9 Å². The van der Waals surface area contributed by atoms with E-state index in [0.717, 1.165) is 25.7 Å². The molecule has 0 N–H and O–H groups in total. The standard InChI is InChI=1S/C48H70O21/c1-7-9-15-25-59-39(49)35(3)41(51)61-27-17-11-19-29-63-43(53)37(5)45(55)65-31-21-13-23-33-67-47(57)69-48(58)68-34-24-14-22-32-66-46(56)38(6)44(54)64-30-20-12-18-28-62-42(52)36(4)40(50)60-26-16-10-8-2/h3-34H2,1-2H3. The molecule has 69 heavy (non-hydrogen) atoms. The second-order valence-corrected chi connectivity index (χ2v) is 15.0. The van der Waals surface area contributed by atoms with Crippen LogP contribution in [0.15, 0.2) is 48.6 Å². The van der Waals surface area contributed by atoms with Crippen LogP contribution in [-0.2, 0) is 90.5 Å². The van der Waals surface area contributed by atoms with Gasteiger partial charge >= 0.3 is 60.1 Å². The van der Waals surface area contributed by atoms with E-state index in [-0.39, 0.29) is 77.2 Å². The number of unbranched alkanes of at least 4 members (excludes halogenated alkanes) is 12. The minimum Gasteiger partial charge on any atom is -0.462 e. The first kappa shape index (κ1) is 62.5. The molecule has 0 aliphatic heterocycles. The zero-order valence-electron chi connectivity index (χ0n) is 40.2. The number of hydrogen-bond donors (Lipinski definition) is 0. The number of rotatable bonds is 40. The predicted octanol–water partition coefficient (Wildman–Crippen LogP) is 6.91. The maximum Gasteiger partial charge on any atom is 0.518 e. The Balaban J connectivity index is 3.87. The summed E-state index contributed by atoms with van der Waals surface area (Å²) in [7, 11) is 0. The Morgan fingerprint density at radius 3 is 0.580 bits per heavy atom. The van der Waals surface area contributed by atoms with Crippen molar-refractivity contribution in [2.24, 2.45) is 0 Å². The van der Waals surface area contributed by atoms with E-state index in [1.54, 1.807) is 0 Å². The molecular weight excluding hydrogens is 913 g/mol. The fraction of sp³-hybridized carbons (Fsp3) is 0.625. The number of carbonyl (C=O) groups is 10. The van der Waals surface area contributed by atoms with Crippen LogP contribution in [0, 0.1) is 0 Å². The molecule has 0 amide bonds. The van der Waals surface area contributed by atoms with E-state index in [1.807, 2.05) is 13.8 Å². The molecule has 388 valence electrons. The zero-order valence-corrected chi connectivity index (χ0v) is 40.2. The van der Waals surface area contributed by atoms with E-state index in [2.05, 4.69) is 31.1 Å². The highest BCUT2D eigenvalue weighted by Gasteiger charge is 2.22. The third kappa shape index (κ3) is 32.7. The van der Waals surface area contributed by atoms with Crippen molar-refractivity contribution in [3.8, 4) is 0 Å². The fourth-order valence-electron chi connectivity index (χ4n) is 5.01. The van der Waals surface area contributed by atoms with Crippen LogP contribution in [-0.4, -0.2) is 126 Å². The van der Waals surface area contributed by atoms with Gasteiger partial charge in [-0.15, -0.1) is 0 Å². The average Bonchev–Trinajstić information content (AvgIpc) is 3.33. The van der Waals surface area contributed by atoms with Crippen LogP contribution in [0.3, 0.4) is 0 Å². The Morgan fingerprint density at radius 2 is 0.406 bits per heavy atom. The lowest BCUT2D eigenvalue weighted by molar-refractivity contribution is -0.149. The van der Waals surface area contributed by atoms with Gasteiger partial charge in [-0.05, 0) is 89.9 Å². The van der Waals surface area contributed by atoms with Gasteiger partial charge in [0.25, 0.3) is 0 Å². The molecule has 0 rings (SSSR count). The Bertz CT molecular complexity index is 1590. The third-order valence-corrected chi connectivity index (χ3v) is 9.09. The molecule has 0 atom stereocenters. The van der Waals surface area contributed by atoms with Gasteiger partial charge in [0, 0.05) is 0 Å². The molecule has 0 aromatic carbocycles. The van der Waals surface area contributed by atoms with Gasteiger partial charge in [-0.3, -0.25) is 0 Å². The molecule has 0 unspecified atom stereocenters. The molecule has 0 aromatic heterocycles. The van der Waals surface area contributed by atoms with Crippen molar-refractivity contribution in [2.45, 2.75) is 129 Å². The van der Waals surface area contributed by atoms with Crippen molar-refractivity contribution in [2.75, 3.05) is 66.1 Å². The molecule has 0 bridgehead atoms. The SMILES string of the molecule is C=C(C(=O)OCCCCC)C(=O)OCCCCCOC(=O)C(=C)C(=O)OCCCCCOC(=O)OC(=O)OCCCCCOC(=O)C(=C)C(=O)OCCCCCOC(=O)C(=C)C(=O)OCCCCC. The molecule has 0 heterocycles. The van der Waals surface area contributed by atoms with Crippen LogP contribution in [0.1, 0.15) is 129 Å². The van der Waals surface area contributed by atoms with E-state index < -0.39 is 71.2 Å². The monoisotopic (exact) mass is 982 g/mol. The van der Waals surface area contributed by atoms with Gasteiger partial charge in [-0.25, -0.2) is 47.9 Å². The largest absolute Gasteiger partial charge is 0.518 e. The van der Waals surface area contributed by atoms with Gasteiger partial charge in [-0.1, -0.05) is 65.8 Å². The van der Waals surface area contributed by atoms with E-state index in [0.29, 0.717) is 89.9 Å². The highest BCUT2D eigenvalue weighted by Crippen LogP contribution is 2.09. The minimum absolute atomic E-state index is 0.0187. The average molecular weight is 983 g/mol. The topological polar surface area (TPSA) is 272 Å². The highest BCUT2D eigenvalue weighted by atomic mass is 16.8. The highest BCUT2D eigenvalue weighted by molar-refractivity contribution is 6.15. The van der Waals surface area contributed by atoms with Crippen molar-refractivity contribution in [3.05, 3.63) is 48.6 Å². The van der Waals surface area contributed by atoms with Crippen molar-refractivity contribution < 1.29 is 100 Å². The molecule has 0 aromatic rings. The fourth-order valence-corrected chi connectivity index (χ4v) is 5.01. The summed E-state index contributed by atoms with van der Waals surface area (Å²) in [5, 5.41) is 0. The summed E-state index contributed by atoms with van der Waals surface area (Å²) >= 11 is 0. The first-order valence-electron chi connectivity index (χ1n) is 23.2. The van der Waals surface area contributed by atoms with Crippen LogP contribution >= 0.6 is 0 Å². The second-order valence-electron chi connectivity index (χ2n) is 15.0. The molecule has 0 aliphatic carbocycles. The van der Waals surface area contributed by atoms with Crippen molar-refractivity contribution in [3.63, 3.8) is 0 Å². The van der Waals surface area contributed by atoms with Crippen LogP contribution in [0.5, 0.6) is 0 Å². The lowest BCUT2D eigenvalue weighted by atomic mass is 10.2. The lowest BCUT2D eigenvalue weighted by Gasteiger charge is -2.09. The quantitative estimate of drug-likeness (QED) is 0.0151. The molecule has 21 heteroatoms. The third-order valence-electron chi connectivity index (χ3n) is 9.09. The summed E-state index contributed by atoms with van der Waals surface area (Å²) in [5.41, 5.74) is -1.75. The van der Waals surface area contributed by atoms with Gasteiger partial charge < -0.3 is 52.1 Å². The van der Waals surface area contributed by atoms with E-state index in [4.69, 9.17) is 47.4 Å². The maximum atomic E-state index is 12.1. The first-order chi connectivity index (χ1) is 33.1. The summed E-state index contributed by atoms with van der Waals surface area (Å²) in [6.07, 6.45) is 7.55. The molecule has 0 saturated heterocycles. The van der Waals surface area contributed by atoms with Crippen LogP contribution < -0.4 is 0 Å². The van der Waals surface area contributed by atoms with Gasteiger partial charge in [0.2, 0.25) is 0 Å². The van der Waals surface area contributed by atoms with Crippen LogP contribution in [0.25, 0.3) is 0 Å². The number of ether oxygens (including phenoxy) is 11. The minimum atomic E-state index is -1.27. The summed E-state index contributed by atoms with van der Waals surface area (Å²) in [4.78, 5) is 119. The molecule has 21 nitrogen and oxygen atoms in total. The molecule has 0 spiro atoms. The van der Waals surface area contributed by atoms with E-state index in [1.165, 1.54) is 0 Å². The normalized spacial score (nSPS) is 10.3. The molecular formula is C48H70O21. The summed E-state index contributed by atoms with van der Waals surface area (Å²) in [6, 6.07) is 0. The smallest absolute Gasteiger partial charge is 0.462 e. The van der Waals surface area contributed by atoms with Gasteiger partial charge in [0.05, 0.1) is 66.1 Å². The van der Waals surface area contributed by atoms with Gasteiger partial charge in [0.15, 0.2) is 0 Å². The Labute approximate surface area is 403 Å². The molecule has 0 fully saturated rings. The van der Waals surface area contributed by atoms with Crippen LogP contribution in [0.4, 0.5) is 9.59 Å². The zero-order chi connectivity index (χ0) is 51.7. The van der Waals surface area contributed by atoms with Crippen molar-refractivity contribution in [1.29, 1.82) is 0 Å². The first-order valence-corrected chi connectivity index (χ1v) is 23.2. The van der Waals surface area contributed by atoms with Crippen molar-refractivity contribution >= 4 is 60.1 Å². The van der Waals surface area contributed by atoms with Crippen LogP contribution in [0.2, 0.25) is 0 Å². The summed E-state index contributed by atoms with van der Waals surface area (Å²) in [6.45, 7) is 17.7.